The Bertz CT molecular complexity index is 499. The molecule has 2 heterocycles. The molecule has 0 aromatic carbocycles. The van der Waals surface area contributed by atoms with Crippen molar-refractivity contribution >= 4 is 23.5 Å². The molecule has 0 saturated carbocycles. The van der Waals surface area contributed by atoms with E-state index in [-0.39, 0.29) is 12.1 Å². The molecule has 21 heavy (non-hydrogen) atoms. The molecule has 1 amide bonds. The first-order chi connectivity index (χ1) is 9.76. The van der Waals surface area contributed by atoms with E-state index >= 15 is 0 Å². The van der Waals surface area contributed by atoms with E-state index in [0.29, 0.717) is 18.1 Å². The molecule has 0 N–H and O–H groups in total. The van der Waals surface area contributed by atoms with E-state index in [9.17, 15) is 4.79 Å². The topological polar surface area (TPSA) is 45.7 Å². The molecule has 0 spiro atoms. The minimum atomic E-state index is -0.463. The molecule has 1 aliphatic rings. The van der Waals surface area contributed by atoms with Crippen LogP contribution >= 0.6 is 11.6 Å². The lowest BCUT2D eigenvalue weighted by atomic mass is 10.2. The van der Waals surface area contributed by atoms with Crippen molar-refractivity contribution in [3.05, 3.63) is 23.4 Å². The Labute approximate surface area is 130 Å². The molecule has 0 aliphatic carbocycles. The van der Waals surface area contributed by atoms with Gasteiger partial charge in [-0.15, -0.1) is 0 Å². The fraction of sp³-hybridized carbons (Fsp3) is 0.600. The van der Waals surface area contributed by atoms with Crippen molar-refractivity contribution in [2.75, 3.05) is 24.5 Å². The lowest BCUT2D eigenvalue weighted by Crippen LogP contribution is -2.54. The molecule has 2 rings (SSSR count). The number of carbonyl (C=O) groups is 1. The maximum absolute atomic E-state index is 12.1. The summed E-state index contributed by atoms with van der Waals surface area (Å²) < 4.78 is 5.42. The smallest absolute Gasteiger partial charge is 0.410 e. The summed E-state index contributed by atoms with van der Waals surface area (Å²) in [5, 5.41) is 0.624. The Morgan fingerprint density at radius 2 is 2.10 bits per heavy atom. The first-order valence-corrected chi connectivity index (χ1v) is 7.50. The van der Waals surface area contributed by atoms with Gasteiger partial charge in [0.25, 0.3) is 0 Å². The second-order valence-corrected chi connectivity index (χ2v) is 6.74. The number of pyridine rings is 1. The Morgan fingerprint density at radius 3 is 2.62 bits per heavy atom. The van der Waals surface area contributed by atoms with Crippen LogP contribution in [-0.2, 0) is 4.74 Å². The molecule has 5 nitrogen and oxygen atoms in total. The van der Waals surface area contributed by atoms with Crippen molar-refractivity contribution < 1.29 is 9.53 Å². The summed E-state index contributed by atoms with van der Waals surface area (Å²) in [6.45, 7) is 9.69. The fourth-order valence-corrected chi connectivity index (χ4v) is 2.44. The standard InChI is InChI=1S/C15H22ClN3O2/c1-11-10-18(14(20)21-15(2,3)4)7-8-19(11)13-6-5-12(16)9-17-13/h5-6,9,11H,7-8,10H2,1-4H3. The van der Waals surface area contributed by atoms with Crippen molar-refractivity contribution in [1.29, 1.82) is 0 Å². The van der Waals surface area contributed by atoms with Gasteiger partial charge in [0.1, 0.15) is 11.4 Å². The van der Waals surface area contributed by atoms with Gasteiger partial charge in [0.05, 0.1) is 5.02 Å². The van der Waals surface area contributed by atoms with Crippen LogP contribution in [0.25, 0.3) is 0 Å². The number of anilines is 1. The minimum Gasteiger partial charge on any atom is -0.444 e. The number of halogens is 1. The van der Waals surface area contributed by atoms with Gasteiger partial charge in [-0.25, -0.2) is 9.78 Å². The quantitative estimate of drug-likeness (QED) is 0.799. The summed E-state index contributed by atoms with van der Waals surface area (Å²) in [5.41, 5.74) is -0.463. The average Bonchev–Trinajstić information content (AvgIpc) is 2.38. The van der Waals surface area contributed by atoms with Crippen molar-refractivity contribution in [2.24, 2.45) is 0 Å². The van der Waals surface area contributed by atoms with Crippen molar-refractivity contribution in [3.8, 4) is 0 Å². The van der Waals surface area contributed by atoms with Crippen LogP contribution in [0.4, 0.5) is 10.6 Å². The van der Waals surface area contributed by atoms with Gasteiger partial charge in [0.15, 0.2) is 0 Å². The lowest BCUT2D eigenvalue weighted by Gasteiger charge is -2.40. The number of piperazine rings is 1. The summed E-state index contributed by atoms with van der Waals surface area (Å²) in [6, 6.07) is 3.92. The zero-order valence-electron chi connectivity index (χ0n) is 13.0. The highest BCUT2D eigenvalue weighted by atomic mass is 35.5. The van der Waals surface area contributed by atoms with Gasteiger partial charge in [0.2, 0.25) is 0 Å². The van der Waals surface area contributed by atoms with Crippen LogP contribution in [0.2, 0.25) is 5.02 Å². The summed E-state index contributed by atoms with van der Waals surface area (Å²) >= 11 is 5.86. The number of ether oxygens (including phenoxy) is 1. The molecule has 1 aromatic heterocycles. The highest BCUT2D eigenvalue weighted by molar-refractivity contribution is 6.30. The van der Waals surface area contributed by atoms with E-state index in [1.807, 2.05) is 32.9 Å². The van der Waals surface area contributed by atoms with Gasteiger partial charge >= 0.3 is 6.09 Å². The molecule has 1 fully saturated rings. The number of hydrogen-bond acceptors (Lipinski definition) is 4. The van der Waals surface area contributed by atoms with E-state index in [1.165, 1.54) is 0 Å². The van der Waals surface area contributed by atoms with Crippen LogP contribution in [0, 0.1) is 0 Å². The number of amides is 1. The van der Waals surface area contributed by atoms with Crippen LogP contribution in [-0.4, -0.2) is 47.3 Å². The zero-order valence-corrected chi connectivity index (χ0v) is 13.7. The first kappa shape index (κ1) is 15.9. The van der Waals surface area contributed by atoms with E-state index in [4.69, 9.17) is 16.3 Å². The SMILES string of the molecule is CC1CN(C(=O)OC(C)(C)C)CCN1c1ccc(Cl)cn1. The maximum atomic E-state index is 12.1. The average molecular weight is 312 g/mol. The monoisotopic (exact) mass is 311 g/mol. The van der Waals surface area contributed by atoms with Crippen molar-refractivity contribution in [3.63, 3.8) is 0 Å². The number of hydrogen-bond donors (Lipinski definition) is 0. The lowest BCUT2D eigenvalue weighted by molar-refractivity contribution is 0.0218. The zero-order chi connectivity index (χ0) is 15.6. The fourth-order valence-electron chi connectivity index (χ4n) is 2.33. The summed E-state index contributed by atoms with van der Waals surface area (Å²) in [6.07, 6.45) is 1.39. The van der Waals surface area contributed by atoms with Crippen molar-refractivity contribution in [2.45, 2.75) is 39.3 Å². The second kappa shape index (κ2) is 6.10. The Kier molecular flexibility index (Phi) is 4.61. The Morgan fingerprint density at radius 1 is 1.38 bits per heavy atom. The summed E-state index contributed by atoms with van der Waals surface area (Å²) in [7, 11) is 0. The predicted octanol–water partition coefficient (Wildman–Crippen LogP) is 3.18. The third-order valence-electron chi connectivity index (χ3n) is 3.29. The van der Waals surface area contributed by atoms with Gasteiger partial charge in [0, 0.05) is 31.9 Å². The van der Waals surface area contributed by atoms with Gasteiger partial charge in [-0.1, -0.05) is 11.6 Å². The largest absolute Gasteiger partial charge is 0.444 e. The number of aromatic nitrogens is 1. The van der Waals surface area contributed by atoms with E-state index in [1.54, 1.807) is 11.1 Å². The van der Waals surface area contributed by atoms with E-state index < -0.39 is 5.60 Å². The molecule has 6 heteroatoms. The normalized spacial score (nSPS) is 19.6. The minimum absolute atomic E-state index is 0.181. The highest BCUT2D eigenvalue weighted by Gasteiger charge is 2.30. The number of carbonyl (C=O) groups excluding carboxylic acids is 1. The third-order valence-corrected chi connectivity index (χ3v) is 3.51. The van der Waals surface area contributed by atoms with Gasteiger partial charge in [-0.2, -0.15) is 0 Å². The Hall–Kier alpha value is -1.49. The highest BCUT2D eigenvalue weighted by Crippen LogP contribution is 2.21. The Balaban J connectivity index is 1.99. The third kappa shape index (κ3) is 4.24. The predicted molar refractivity (Wildman–Crippen MR) is 83.9 cm³/mol. The van der Waals surface area contributed by atoms with E-state index in [2.05, 4.69) is 16.8 Å². The van der Waals surface area contributed by atoms with Gasteiger partial charge < -0.3 is 14.5 Å². The van der Waals surface area contributed by atoms with Gasteiger partial charge in [-0.3, -0.25) is 0 Å². The van der Waals surface area contributed by atoms with Crippen LogP contribution < -0.4 is 4.90 Å². The molecule has 1 aliphatic heterocycles. The molecule has 0 bridgehead atoms. The van der Waals surface area contributed by atoms with Crippen LogP contribution in [0.3, 0.4) is 0 Å². The van der Waals surface area contributed by atoms with E-state index in [0.717, 1.165) is 12.4 Å². The number of nitrogens with zero attached hydrogens (tertiary/aromatic N) is 3. The molecule has 1 aromatic rings. The molecule has 0 radical (unpaired) electrons. The van der Waals surface area contributed by atoms with Crippen LogP contribution in [0.1, 0.15) is 27.7 Å². The van der Waals surface area contributed by atoms with Crippen LogP contribution in [0.15, 0.2) is 18.3 Å². The number of rotatable bonds is 1. The second-order valence-electron chi connectivity index (χ2n) is 6.30. The molecular formula is C15H22ClN3O2. The molecule has 1 atom stereocenters. The molecule has 1 unspecified atom stereocenters. The molecular weight excluding hydrogens is 290 g/mol. The molecule has 116 valence electrons. The maximum Gasteiger partial charge on any atom is 0.410 e. The van der Waals surface area contributed by atoms with Gasteiger partial charge in [-0.05, 0) is 39.8 Å². The summed E-state index contributed by atoms with van der Waals surface area (Å²) in [5.74, 6) is 0.885. The summed E-state index contributed by atoms with van der Waals surface area (Å²) in [4.78, 5) is 20.4. The van der Waals surface area contributed by atoms with Crippen LogP contribution in [0.5, 0.6) is 0 Å². The van der Waals surface area contributed by atoms with Crippen molar-refractivity contribution in [1.82, 2.24) is 9.88 Å². The first-order valence-electron chi connectivity index (χ1n) is 7.12. The molecule has 1 saturated heterocycles.